The van der Waals surface area contributed by atoms with Gasteiger partial charge in [0.15, 0.2) is 0 Å². The molecule has 1 aromatic rings. The third kappa shape index (κ3) is 10.3. The number of hydrogen-bond acceptors (Lipinski definition) is 2. The summed E-state index contributed by atoms with van der Waals surface area (Å²) >= 11 is 0. The number of carbonyl (C=O) groups excluding carboxylic acids is 1. The van der Waals surface area contributed by atoms with Gasteiger partial charge in [-0.05, 0) is 38.3 Å². The first kappa shape index (κ1) is 21.7. The summed E-state index contributed by atoms with van der Waals surface area (Å²) in [7, 11) is 0. The minimum absolute atomic E-state index is 0.0718. The Hall–Kier alpha value is -1.31. The average molecular weight is 347 g/mol. The SMILES string of the molecule is CCCCCCCCCCCC(CCC)OC(=O)c1cccc(C)c1. The first-order chi connectivity index (χ1) is 12.2. The van der Waals surface area contributed by atoms with Crippen molar-refractivity contribution in [3.63, 3.8) is 0 Å². The molecule has 0 aliphatic rings. The molecule has 0 saturated carbocycles. The van der Waals surface area contributed by atoms with Crippen molar-refractivity contribution in [1.82, 2.24) is 0 Å². The number of ether oxygens (including phenoxy) is 1. The predicted molar refractivity (Wildman–Crippen MR) is 107 cm³/mol. The lowest BCUT2D eigenvalue weighted by molar-refractivity contribution is 0.0253. The van der Waals surface area contributed by atoms with Gasteiger partial charge in [0.1, 0.15) is 6.10 Å². The van der Waals surface area contributed by atoms with E-state index in [0.29, 0.717) is 5.56 Å². The van der Waals surface area contributed by atoms with Gasteiger partial charge < -0.3 is 4.74 Å². The second kappa shape index (κ2) is 13.9. The van der Waals surface area contributed by atoms with E-state index in [2.05, 4.69) is 13.8 Å². The number of unbranched alkanes of at least 4 members (excludes halogenated alkanes) is 8. The van der Waals surface area contributed by atoms with Gasteiger partial charge in [0.05, 0.1) is 5.56 Å². The van der Waals surface area contributed by atoms with Crippen LogP contribution in [0.3, 0.4) is 0 Å². The lowest BCUT2D eigenvalue weighted by atomic mass is 10.0. The third-order valence-electron chi connectivity index (χ3n) is 4.77. The summed E-state index contributed by atoms with van der Waals surface area (Å²) in [4.78, 5) is 12.3. The number of hydrogen-bond donors (Lipinski definition) is 0. The Morgan fingerprint density at radius 2 is 1.52 bits per heavy atom. The van der Waals surface area contributed by atoms with Crippen LogP contribution >= 0.6 is 0 Å². The zero-order valence-corrected chi connectivity index (χ0v) is 16.7. The number of rotatable bonds is 14. The molecule has 0 aliphatic heterocycles. The van der Waals surface area contributed by atoms with Crippen molar-refractivity contribution < 1.29 is 9.53 Å². The maximum absolute atomic E-state index is 12.3. The lowest BCUT2D eigenvalue weighted by Gasteiger charge is -2.17. The van der Waals surface area contributed by atoms with E-state index in [1.807, 2.05) is 31.2 Å². The van der Waals surface area contributed by atoms with Crippen LogP contribution in [0, 0.1) is 6.92 Å². The molecule has 0 N–H and O–H groups in total. The highest BCUT2D eigenvalue weighted by Gasteiger charge is 2.15. The fraction of sp³-hybridized carbons (Fsp3) is 0.696. The van der Waals surface area contributed by atoms with Crippen LogP contribution in [0.5, 0.6) is 0 Å². The van der Waals surface area contributed by atoms with E-state index in [4.69, 9.17) is 4.74 Å². The molecule has 2 nitrogen and oxygen atoms in total. The summed E-state index contributed by atoms with van der Waals surface area (Å²) in [6.07, 6.45) is 15.1. The minimum Gasteiger partial charge on any atom is -0.459 e. The van der Waals surface area contributed by atoms with Crippen LogP contribution in [-0.4, -0.2) is 12.1 Å². The smallest absolute Gasteiger partial charge is 0.338 e. The molecule has 1 atom stereocenters. The molecule has 0 aliphatic carbocycles. The standard InChI is InChI=1S/C23H38O2/c1-4-6-7-8-9-10-11-12-13-18-22(15-5-2)25-23(24)21-17-14-16-20(3)19-21/h14,16-17,19,22H,4-13,15,18H2,1-3H3. The largest absolute Gasteiger partial charge is 0.459 e. The zero-order chi connectivity index (χ0) is 18.3. The fourth-order valence-corrected chi connectivity index (χ4v) is 3.26. The Kier molecular flexibility index (Phi) is 12.1. The normalized spacial score (nSPS) is 12.1. The summed E-state index contributed by atoms with van der Waals surface area (Å²) in [5.74, 6) is -0.168. The van der Waals surface area contributed by atoms with Gasteiger partial charge in [-0.1, -0.05) is 89.3 Å². The summed E-state index contributed by atoms with van der Waals surface area (Å²) in [5, 5.41) is 0. The molecule has 0 aromatic heterocycles. The second-order valence-corrected chi connectivity index (χ2v) is 7.30. The summed E-state index contributed by atoms with van der Waals surface area (Å²) in [6, 6.07) is 7.67. The van der Waals surface area contributed by atoms with E-state index in [-0.39, 0.29) is 12.1 Å². The van der Waals surface area contributed by atoms with Crippen LogP contribution in [0.4, 0.5) is 0 Å². The average Bonchev–Trinajstić information content (AvgIpc) is 2.60. The predicted octanol–water partition coefficient (Wildman–Crippen LogP) is 7.24. The van der Waals surface area contributed by atoms with Crippen molar-refractivity contribution in [1.29, 1.82) is 0 Å². The minimum atomic E-state index is -0.168. The number of aryl methyl sites for hydroxylation is 1. The van der Waals surface area contributed by atoms with Crippen LogP contribution in [0.15, 0.2) is 24.3 Å². The van der Waals surface area contributed by atoms with Crippen LogP contribution < -0.4 is 0 Å². The molecule has 1 unspecified atom stereocenters. The Bertz CT molecular complexity index is 467. The summed E-state index contributed by atoms with van der Waals surface area (Å²) in [5.41, 5.74) is 1.77. The Morgan fingerprint density at radius 1 is 0.880 bits per heavy atom. The van der Waals surface area contributed by atoms with Crippen molar-refractivity contribution in [2.24, 2.45) is 0 Å². The quantitative estimate of drug-likeness (QED) is 0.262. The molecule has 0 spiro atoms. The highest BCUT2D eigenvalue weighted by Crippen LogP contribution is 2.17. The number of benzene rings is 1. The van der Waals surface area contributed by atoms with E-state index in [0.717, 1.165) is 24.8 Å². The maximum Gasteiger partial charge on any atom is 0.338 e. The van der Waals surface area contributed by atoms with E-state index in [1.165, 1.54) is 57.8 Å². The van der Waals surface area contributed by atoms with Gasteiger partial charge in [0.2, 0.25) is 0 Å². The molecule has 142 valence electrons. The Labute approximate surface area is 155 Å². The molecular weight excluding hydrogens is 308 g/mol. The second-order valence-electron chi connectivity index (χ2n) is 7.30. The molecule has 0 bridgehead atoms. The zero-order valence-electron chi connectivity index (χ0n) is 16.7. The lowest BCUT2D eigenvalue weighted by Crippen LogP contribution is -2.18. The number of esters is 1. The van der Waals surface area contributed by atoms with Crippen molar-refractivity contribution in [3.05, 3.63) is 35.4 Å². The summed E-state index contributed by atoms with van der Waals surface area (Å²) < 4.78 is 5.77. The van der Waals surface area contributed by atoms with Gasteiger partial charge >= 0.3 is 5.97 Å². The molecule has 0 saturated heterocycles. The van der Waals surface area contributed by atoms with E-state index in [1.54, 1.807) is 0 Å². The molecule has 1 aromatic carbocycles. The first-order valence-electron chi connectivity index (χ1n) is 10.4. The maximum atomic E-state index is 12.3. The fourth-order valence-electron chi connectivity index (χ4n) is 3.26. The van der Waals surface area contributed by atoms with Crippen LogP contribution in [0.25, 0.3) is 0 Å². The Balaban J connectivity index is 2.22. The van der Waals surface area contributed by atoms with Gasteiger partial charge in [0, 0.05) is 0 Å². The molecule has 0 fully saturated rings. The molecule has 0 radical (unpaired) electrons. The van der Waals surface area contributed by atoms with Gasteiger partial charge in [0.25, 0.3) is 0 Å². The summed E-state index contributed by atoms with van der Waals surface area (Å²) in [6.45, 7) is 6.42. The Morgan fingerprint density at radius 3 is 2.12 bits per heavy atom. The van der Waals surface area contributed by atoms with Crippen molar-refractivity contribution in [3.8, 4) is 0 Å². The van der Waals surface area contributed by atoms with Gasteiger partial charge in [-0.15, -0.1) is 0 Å². The third-order valence-corrected chi connectivity index (χ3v) is 4.77. The molecular formula is C23H38O2. The first-order valence-corrected chi connectivity index (χ1v) is 10.4. The van der Waals surface area contributed by atoms with Crippen LogP contribution in [0.2, 0.25) is 0 Å². The van der Waals surface area contributed by atoms with E-state index < -0.39 is 0 Å². The molecule has 1 rings (SSSR count). The molecule has 2 heteroatoms. The molecule has 25 heavy (non-hydrogen) atoms. The van der Waals surface area contributed by atoms with Crippen molar-refractivity contribution in [2.45, 2.75) is 104 Å². The molecule has 0 heterocycles. The van der Waals surface area contributed by atoms with E-state index in [9.17, 15) is 4.79 Å². The van der Waals surface area contributed by atoms with Crippen molar-refractivity contribution >= 4 is 5.97 Å². The van der Waals surface area contributed by atoms with Gasteiger partial charge in [-0.2, -0.15) is 0 Å². The van der Waals surface area contributed by atoms with E-state index >= 15 is 0 Å². The van der Waals surface area contributed by atoms with Crippen LogP contribution in [-0.2, 0) is 4.74 Å². The van der Waals surface area contributed by atoms with Crippen molar-refractivity contribution in [2.75, 3.05) is 0 Å². The van der Waals surface area contributed by atoms with Crippen LogP contribution in [0.1, 0.15) is 107 Å². The molecule has 0 amide bonds. The highest BCUT2D eigenvalue weighted by molar-refractivity contribution is 5.89. The van der Waals surface area contributed by atoms with Gasteiger partial charge in [-0.25, -0.2) is 4.79 Å². The van der Waals surface area contributed by atoms with Gasteiger partial charge in [-0.3, -0.25) is 0 Å². The topological polar surface area (TPSA) is 26.3 Å². The highest BCUT2D eigenvalue weighted by atomic mass is 16.5. The number of carbonyl (C=O) groups is 1. The monoisotopic (exact) mass is 346 g/mol.